The number of rotatable bonds is 7. The fraction of sp³-hybridized carbons (Fsp3) is 0.214. The van der Waals surface area contributed by atoms with Crippen LogP contribution in [0.2, 0.25) is 0 Å². The molecule has 0 fully saturated rings. The zero-order valence-corrected chi connectivity index (χ0v) is 12.4. The molecule has 0 saturated heterocycles. The van der Waals surface area contributed by atoms with E-state index in [-0.39, 0.29) is 24.1 Å². The molecule has 0 saturated carbocycles. The highest BCUT2D eigenvalue weighted by molar-refractivity contribution is 7.13. The van der Waals surface area contributed by atoms with E-state index >= 15 is 0 Å². The molecule has 0 unspecified atom stereocenters. The molecule has 0 atom stereocenters. The lowest BCUT2D eigenvalue weighted by Crippen LogP contribution is -2.27. The van der Waals surface area contributed by atoms with Gasteiger partial charge in [0.25, 0.3) is 5.91 Å². The quantitative estimate of drug-likeness (QED) is 0.534. The van der Waals surface area contributed by atoms with E-state index in [9.17, 15) is 14.9 Å². The van der Waals surface area contributed by atoms with E-state index in [2.05, 4.69) is 10.6 Å². The molecular formula is C14H15N3O4S. The van der Waals surface area contributed by atoms with Gasteiger partial charge in [0.1, 0.15) is 0 Å². The number of amides is 1. The number of hydrogen-bond donors (Lipinski definition) is 3. The number of hydrogen-bond acceptors (Lipinski definition) is 6. The van der Waals surface area contributed by atoms with Crippen molar-refractivity contribution in [3.8, 4) is 0 Å². The first kappa shape index (κ1) is 15.9. The van der Waals surface area contributed by atoms with Crippen LogP contribution in [-0.4, -0.2) is 29.1 Å². The molecule has 1 heterocycles. The Labute approximate surface area is 130 Å². The lowest BCUT2D eigenvalue weighted by atomic mass is 10.1. The maximum absolute atomic E-state index is 12.0. The summed E-state index contributed by atoms with van der Waals surface area (Å²) in [6.45, 7) is 0.443. The SMILES string of the molecule is O=C(NCCO)c1ccccc1NCc1csc([N+](=O)[O-])c1. The molecule has 0 aliphatic carbocycles. The summed E-state index contributed by atoms with van der Waals surface area (Å²) in [5.41, 5.74) is 1.87. The highest BCUT2D eigenvalue weighted by atomic mass is 32.1. The van der Waals surface area contributed by atoms with Gasteiger partial charge in [0.15, 0.2) is 0 Å². The fourth-order valence-electron chi connectivity index (χ4n) is 1.85. The minimum atomic E-state index is -0.426. The van der Waals surface area contributed by atoms with Gasteiger partial charge < -0.3 is 15.7 Å². The van der Waals surface area contributed by atoms with Gasteiger partial charge in [0.2, 0.25) is 0 Å². The van der Waals surface area contributed by atoms with E-state index in [0.29, 0.717) is 17.8 Å². The van der Waals surface area contributed by atoms with Crippen LogP contribution in [0.3, 0.4) is 0 Å². The molecule has 0 spiro atoms. The van der Waals surface area contributed by atoms with Crippen LogP contribution in [0.1, 0.15) is 15.9 Å². The molecule has 1 amide bonds. The standard InChI is InChI=1S/C14H15N3O4S/c18-6-5-15-14(19)11-3-1-2-4-12(11)16-8-10-7-13(17(20)21)22-9-10/h1-4,7,9,16,18H,5-6,8H2,(H,15,19). The molecule has 0 radical (unpaired) electrons. The Morgan fingerprint density at radius 2 is 2.14 bits per heavy atom. The second-order valence-electron chi connectivity index (χ2n) is 4.43. The minimum absolute atomic E-state index is 0.0887. The normalized spacial score (nSPS) is 10.2. The molecule has 0 aliphatic heterocycles. The summed E-state index contributed by atoms with van der Waals surface area (Å²) in [7, 11) is 0. The molecule has 0 aliphatic rings. The highest BCUT2D eigenvalue weighted by Gasteiger charge is 2.12. The molecule has 1 aromatic carbocycles. The number of aliphatic hydroxyl groups excluding tert-OH is 1. The van der Waals surface area contributed by atoms with Crippen LogP contribution >= 0.6 is 11.3 Å². The molecule has 2 aromatic rings. The first-order valence-electron chi connectivity index (χ1n) is 6.55. The van der Waals surface area contributed by atoms with Crippen molar-refractivity contribution < 1.29 is 14.8 Å². The Balaban J connectivity index is 2.05. The summed E-state index contributed by atoms with van der Waals surface area (Å²) in [5, 5.41) is 26.9. The third kappa shape index (κ3) is 4.03. The summed E-state index contributed by atoms with van der Waals surface area (Å²) >= 11 is 1.07. The smallest absolute Gasteiger partial charge is 0.324 e. The molecular weight excluding hydrogens is 306 g/mol. The molecule has 1 aromatic heterocycles. The zero-order valence-electron chi connectivity index (χ0n) is 11.6. The number of thiophene rings is 1. The average molecular weight is 321 g/mol. The van der Waals surface area contributed by atoms with Crippen molar-refractivity contribution >= 4 is 27.9 Å². The first-order valence-corrected chi connectivity index (χ1v) is 7.43. The largest absolute Gasteiger partial charge is 0.395 e. The van der Waals surface area contributed by atoms with Crippen molar-refractivity contribution in [1.82, 2.24) is 5.32 Å². The molecule has 22 heavy (non-hydrogen) atoms. The number of carbonyl (C=O) groups is 1. The van der Waals surface area contributed by atoms with Crippen molar-refractivity contribution in [1.29, 1.82) is 0 Å². The van der Waals surface area contributed by atoms with Gasteiger partial charge in [-0.2, -0.15) is 0 Å². The van der Waals surface area contributed by atoms with Crippen LogP contribution in [0.15, 0.2) is 35.7 Å². The van der Waals surface area contributed by atoms with Crippen LogP contribution in [0.5, 0.6) is 0 Å². The van der Waals surface area contributed by atoms with Crippen LogP contribution in [0, 0.1) is 10.1 Å². The molecule has 7 nitrogen and oxygen atoms in total. The van der Waals surface area contributed by atoms with E-state index in [1.54, 1.807) is 29.6 Å². The molecule has 116 valence electrons. The number of anilines is 1. The van der Waals surface area contributed by atoms with Gasteiger partial charge in [-0.1, -0.05) is 23.5 Å². The van der Waals surface area contributed by atoms with E-state index in [1.165, 1.54) is 6.07 Å². The van der Waals surface area contributed by atoms with Crippen molar-refractivity contribution in [3.63, 3.8) is 0 Å². The van der Waals surface area contributed by atoms with Crippen LogP contribution < -0.4 is 10.6 Å². The maximum Gasteiger partial charge on any atom is 0.324 e. The van der Waals surface area contributed by atoms with E-state index in [1.807, 2.05) is 0 Å². The molecule has 8 heteroatoms. The van der Waals surface area contributed by atoms with Crippen molar-refractivity contribution in [2.75, 3.05) is 18.5 Å². The number of aliphatic hydroxyl groups is 1. The number of nitrogens with zero attached hydrogens (tertiary/aromatic N) is 1. The maximum atomic E-state index is 12.0. The second-order valence-corrected chi connectivity index (χ2v) is 5.32. The van der Waals surface area contributed by atoms with Gasteiger partial charge in [0.05, 0.1) is 17.1 Å². The predicted molar refractivity (Wildman–Crippen MR) is 84.2 cm³/mol. The number of nitro groups is 1. The Bertz CT molecular complexity index is 672. The summed E-state index contributed by atoms with van der Waals surface area (Å²) < 4.78 is 0. The molecule has 3 N–H and O–H groups in total. The van der Waals surface area contributed by atoms with E-state index in [0.717, 1.165) is 16.9 Å². The Morgan fingerprint density at radius 1 is 1.36 bits per heavy atom. The Kier molecular flexibility index (Phi) is 5.45. The third-order valence-electron chi connectivity index (χ3n) is 2.87. The minimum Gasteiger partial charge on any atom is -0.395 e. The lowest BCUT2D eigenvalue weighted by Gasteiger charge is -2.11. The lowest BCUT2D eigenvalue weighted by molar-refractivity contribution is -0.380. The van der Waals surface area contributed by atoms with E-state index in [4.69, 9.17) is 5.11 Å². The topological polar surface area (TPSA) is 104 Å². The molecule has 2 rings (SSSR count). The van der Waals surface area contributed by atoms with Crippen LogP contribution in [0.25, 0.3) is 0 Å². The fourth-order valence-corrected chi connectivity index (χ4v) is 2.58. The van der Waals surface area contributed by atoms with Crippen molar-refractivity contribution in [2.24, 2.45) is 0 Å². The van der Waals surface area contributed by atoms with Crippen molar-refractivity contribution in [2.45, 2.75) is 6.54 Å². The number of nitrogens with one attached hydrogen (secondary N) is 2. The van der Waals surface area contributed by atoms with Gasteiger partial charge in [0, 0.05) is 30.2 Å². The third-order valence-corrected chi connectivity index (χ3v) is 3.80. The summed E-state index contributed by atoms with van der Waals surface area (Å²) in [6, 6.07) is 8.47. The second kappa shape index (κ2) is 7.53. The van der Waals surface area contributed by atoms with Gasteiger partial charge in [-0.25, -0.2) is 0 Å². The summed E-state index contributed by atoms with van der Waals surface area (Å²) in [6.07, 6.45) is 0. The highest BCUT2D eigenvalue weighted by Crippen LogP contribution is 2.24. The summed E-state index contributed by atoms with van der Waals surface area (Å²) in [4.78, 5) is 22.2. The number of carbonyl (C=O) groups excluding carboxylic acids is 1. The number of para-hydroxylation sites is 1. The Hall–Kier alpha value is -2.45. The summed E-state index contributed by atoms with van der Waals surface area (Å²) in [5.74, 6) is -0.284. The molecule has 0 bridgehead atoms. The van der Waals surface area contributed by atoms with Crippen LogP contribution in [0.4, 0.5) is 10.7 Å². The monoisotopic (exact) mass is 321 g/mol. The average Bonchev–Trinajstić information content (AvgIpc) is 3.00. The van der Waals surface area contributed by atoms with Crippen LogP contribution in [-0.2, 0) is 6.54 Å². The van der Waals surface area contributed by atoms with Crippen molar-refractivity contribution in [3.05, 3.63) is 57.0 Å². The zero-order chi connectivity index (χ0) is 15.9. The first-order chi connectivity index (χ1) is 10.6. The Morgan fingerprint density at radius 3 is 2.82 bits per heavy atom. The van der Waals surface area contributed by atoms with Gasteiger partial charge in [-0.05, 0) is 17.7 Å². The van der Waals surface area contributed by atoms with Gasteiger partial charge in [-0.3, -0.25) is 14.9 Å². The van der Waals surface area contributed by atoms with Gasteiger partial charge in [-0.15, -0.1) is 0 Å². The predicted octanol–water partition coefficient (Wildman–Crippen LogP) is 1.99. The number of benzene rings is 1. The van der Waals surface area contributed by atoms with E-state index < -0.39 is 4.92 Å². The van der Waals surface area contributed by atoms with Gasteiger partial charge >= 0.3 is 5.00 Å².